The maximum absolute atomic E-state index is 12.1. The molecule has 6 nitrogen and oxygen atoms in total. The van der Waals surface area contributed by atoms with Crippen LogP contribution in [0.4, 0.5) is 0 Å². The van der Waals surface area contributed by atoms with Crippen LogP contribution < -0.4 is 9.46 Å². The number of methoxy groups -OCH3 is 1. The molecule has 0 fully saturated rings. The minimum atomic E-state index is -3.61. The summed E-state index contributed by atoms with van der Waals surface area (Å²) in [6, 6.07) is 6.86. The molecule has 1 aromatic carbocycles. The van der Waals surface area contributed by atoms with Gasteiger partial charge in [-0.2, -0.15) is 0 Å². The molecular weight excluding hydrogens is 266 g/mol. The Balaban J connectivity index is 2.24. The van der Waals surface area contributed by atoms with Gasteiger partial charge in [0.05, 0.1) is 19.6 Å². The fourth-order valence-electron chi connectivity index (χ4n) is 1.77. The van der Waals surface area contributed by atoms with Crippen molar-refractivity contribution in [1.82, 2.24) is 14.7 Å². The minimum absolute atomic E-state index is 0.0363. The van der Waals surface area contributed by atoms with E-state index in [4.69, 9.17) is 4.74 Å². The highest BCUT2D eigenvalue weighted by atomic mass is 32.2. The van der Waals surface area contributed by atoms with Crippen LogP contribution in [-0.2, 0) is 10.0 Å². The minimum Gasteiger partial charge on any atom is -0.496 e. The molecule has 1 heterocycles. The van der Waals surface area contributed by atoms with Crippen molar-refractivity contribution < 1.29 is 13.2 Å². The van der Waals surface area contributed by atoms with E-state index in [0.717, 1.165) is 5.56 Å². The molecular formula is C12H15N3O3S. The molecule has 7 heteroatoms. The first-order valence-corrected chi connectivity index (χ1v) is 7.16. The Kier molecular flexibility index (Phi) is 3.87. The van der Waals surface area contributed by atoms with Crippen molar-refractivity contribution in [3.8, 4) is 5.75 Å². The number of H-pyrrole nitrogens is 1. The third-order valence-electron chi connectivity index (χ3n) is 2.70. The first-order valence-electron chi connectivity index (χ1n) is 5.68. The molecule has 0 aliphatic rings. The van der Waals surface area contributed by atoms with Crippen LogP contribution in [0.3, 0.4) is 0 Å². The van der Waals surface area contributed by atoms with E-state index in [1.165, 1.54) is 12.5 Å². The predicted molar refractivity (Wildman–Crippen MR) is 70.3 cm³/mol. The Hall–Kier alpha value is -1.86. The summed E-state index contributed by atoms with van der Waals surface area (Å²) in [4.78, 5) is 6.27. The van der Waals surface area contributed by atoms with E-state index in [2.05, 4.69) is 14.7 Å². The Morgan fingerprint density at radius 1 is 1.37 bits per heavy atom. The molecule has 2 N–H and O–H groups in total. The van der Waals surface area contributed by atoms with Gasteiger partial charge in [0.25, 0.3) is 10.0 Å². The molecule has 0 aliphatic carbocycles. The molecule has 0 aliphatic heterocycles. The van der Waals surface area contributed by atoms with Gasteiger partial charge in [0.15, 0.2) is 5.03 Å². The number of hydrogen-bond donors (Lipinski definition) is 2. The summed E-state index contributed by atoms with van der Waals surface area (Å²) < 4.78 is 31.9. The maximum Gasteiger partial charge on any atom is 0.258 e. The highest BCUT2D eigenvalue weighted by molar-refractivity contribution is 7.89. The first kappa shape index (κ1) is 13.6. The number of imidazole rings is 1. The fourth-order valence-corrected chi connectivity index (χ4v) is 2.90. The smallest absolute Gasteiger partial charge is 0.258 e. The highest BCUT2D eigenvalue weighted by Crippen LogP contribution is 2.25. The Labute approximate surface area is 111 Å². The third-order valence-corrected chi connectivity index (χ3v) is 4.17. The van der Waals surface area contributed by atoms with Crippen LogP contribution in [0.25, 0.3) is 0 Å². The van der Waals surface area contributed by atoms with E-state index in [9.17, 15) is 8.42 Å². The number of ether oxygens (including phenoxy) is 1. The molecule has 0 saturated carbocycles. The van der Waals surface area contributed by atoms with Crippen molar-refractivity contribution in [3.63, 3.8) is 0 Å². The van der Waals surface area contributed by atoms with Crippen LogP contribution in [0.5, 0.6) is 5.75 Å². The Morgan fingerprint density at radius 3 is 2.74 bits per heavy atom. The number of para-hydroxylation sites is 1. The second-order valence-electron chi connectivity index (χ2n) is 4.00. The van der Waals surface area contributed by atoms with Gasteiger partial charge in [-0.15, -0.1) is 0 Å². The summed E-state index contributed by atoms with van der Waals surface area (Å²) in [5, 5.41) is 0.0363. The molecule has 0 amide bonds. The predicted octanol–water partition coefficient (Wildman–Crippen LogP) is 1.46. The summed E-state index contributed by atoms with van der Waals surface area (Å²) in [6.07, 6.45) is 2.58. The van der Waals surface area contributed by atoms with E-state index in [-0.39, 0.29) is 5.03 Å². The van der Waals surface area contributed by atoms with Crippen molar-refractivity contribution in [2.45, 2.75) is 18.0 Å². The van der Waals surface area contributed by atoms with Gasteiger partial charge >= 0.3 is 0 Å². The van der Waals surface area contributed by atoms with Crippen molar-refractivity contribution in [3.05, 3.63) is 42.4 Å². The Morgan fingerprint density at radius 2 is 2.11 bits per heavy atom. The van der Waals surface area contributed by atoms with Crippen LogP contribution in [0, 0.1) is 0 Å². The SMILES string of the molecule is COc1ccccc1C(C)NS(=O)(=O)c1cnc[nH]1. The number of aromatic nitrogens is 2. The average Bonchev–Trinajstić information content (AvgIpc) is 2.93. The van der Waals surface area contributed by atoms with Crippen molar-refractivity contribution in [2.24, 2.45) is 0 Å². The van der Waals surface area contributed by atoms with Gasteiger partial charge in [-0.1, -0.05) is 18.2 Å². The summed E-state index contributed by atoms with van der Waals surface area (Å²) in [5.74, 6) is 0.641. The number of benzene rings is 1. The molecule has 2 aromatic rings. The van der Waals surface area contributed by atoms with Crippen LogP contribution in [0.15, 0.2) is 41.8 Å². The molecule has 102 valence electrons. The second-order valence-corrected chi connectivity index (χ2v) is 5.68. The quantitative estimate of drug-likeness (QED) is 0.869. The van der Waals surface area contributed by atoms with E-state index in [1.54, 1.807) is 20.1 Å². The lowest BCUT2D eigenvalue weighted by Crippen LogP contribution is -2.27. The van der Waals surface area contributed by atoms with Gasteiger partial charge in [-0.25, -0.2) is 18.1 Å². The number of nitrogens with one attached hydrogen (secondary N) is 2. The van der Waals surface area contributed by atoms with Gasteiger partial charge < -0.3 is 9.72 Å². The Bertz CT molecular complexity index is 638. The van der Waals surface area contributed by atoms with Crippen LogP contribution in [0.1, 0.15) is 18.5 Å². The van der Waals surface area contributed by atoms with Crippen LogP contribution >= 0.6 is 0 Å². The normalized spacial score (nSPS) is 13.2. The number of sulfonamides is 1. The van der Waals surface area contributed by atoms with Gasteiger partial charge in [-0.05, 0) is 13.0 Å². The van der Waals surface area contributed by atoms with Crippen LogP contribution in [-0.4, -0.2) is 25.5 Å². The molecule has 19 heavy (non-hydrogen) atoms. The molecule has 1 unspecified atom stereocenters. The van der Waals surface area contributed by atoms with Gasteiger partial charge in [0.2, 0.25) is 0 Å². The summed E-state index contributed by atoms with van der Waals surface area (Å²) in [7, 11) is -2.06. The molecule has 0 spiro atoms. The fraction of sp³-hybridized carbons (Fsp3) is 0.250. The number of nitrogens with zero attached hydrogens (tertiary/aromatic N) is 1. The van der Waals surface area contributed by atoms with Gasteiger partial charge in [0.1, 0.15) is 5.75 Å². The monoisotopic (exact) mass is 281 g/mol. The standard InChI is InChI=1S/C12H15N3O3S/c1-9(10-5-3-4-6-11(10)18-2)15-19(16,17)12-7-13-8-14-12/h3-9,15H,1-2H3,(H,13,14). The number of hydrogen-bond acceptors (Lipinski definition) is 4. The lowest BCUT2D eigenvalue weighted by molar-refractivity contribution is 0.405. The first-order chi connectivity index (χ1) is 9.04. The molecule has 1 atom stereocenters. The zero-order chi connectivity index (χ0) is 13.9. The van der Waals surface area contributed by atoms with E-state index >= 15 is 0 Å². The summed E-state index contributed by atoms with van der Waals surface area (Å²) in [5.41, 5.74) is 0.771. The lowest BCUT2D eigenvalue weighted by Gasteiger charge is -2.16. The zero-order valence-corrected chi connectivity index (χ0v) is 11.4. The molecule has 2 rings (SSSR count). The van der Waals surface area contributed by atoms with Gasteiger partial charge in [-0.3, -0.25) is 0 Å². The van der Waals surface area contributed by atoms with Crippen molar-refractivity contribution in [2.75, 3.05) is 7.11 Å². The zero-order valence-electron chi connectivity index (χ0n) is 10.6. The van der Waals surface area contributed by atoms with Gasteiger partial charge in [0, 0.05) is 11.6 Å². The molecule has 1 aromatic heterocycles. The molecule has 0 radical (unpaired) electrons. The largest absolute Gasteiger partial charge is 0.496 e. The average molecular weight is 281 g/mol. The summed E-state index contributed by atoms with van der Waals surface area (Å²) >= 11 is 0. The second kappa shape index (κ2) is 5.41. The summed E-state index contributed by atoms with van der Waals surface area (Å²) in [6.45, 7) is 1.76. The van der Waals surface area contributed by atoms with E-state index in [0.29, 0.717) is 5.75 Å². The topological polar surface area (TPSA) is 84.1 Å². The maximum atomic E-state index is 12.1. The molecule has 0 bridgehead atoms. The van der Waals surface area contributed by atoms with E-state index < -0.39 is 16.1 Å². The van der Waals surface area contributed by atoms with Crippen molar-refractivity contribution >= 4 is 10.0 Å². The molecule has 0 saturated heterocycles. The van der Waals surface area contributed by atoms with Crippen molar-refractivity contribution in [1.29, 1.82) is 0 Å². The number of rotatable bonds is 5. The highest BCUT2D eigenvalue weighted by Gasteiger charge is 2.21. The lowest BCUT2D eigenvalue weighted by atomic mass is 10.1. The van der Waals surface area contributed by atoms with Crippen LogP contribution in [0.2, 0.25) is 0 Å². The third kappa shape index (κ3) is 2.94. The number of aromatic amines is 1. The van der Waals surface area contributed by atoms with E-state index in [1.807, 2.05) is 18.2 Å².